The van der Waals surface area contributed by atoms with Crippen LogP contribution in [0, 0.1) is 5.92 Å². The first-order valence-electron chi connectivity index (χ1n) is 5.61. The Kier molecular flexibility index (Phi) is 4.45. The molecular weight excluding hydrogens is 238 g/mol. The van der Waals surface area contributed by atoms with Gasteiger partial charge in [-0.3, -0.25) is 10.2 Å². The fourth-order valence-electron chi connectivity index (χ4n) is 1.88. The number of carbonyl (C=O) groups excluding carboxylic acids is 1. The van der Waals surface area contributed by atoms with Gasteiger partial charge in [0.15, 0.2) is 5.11 Å². The molecular formula is C11H19N3O2S. The van der Waals surface area contributed by atoms with Gasteiger partial charge in [0.25, 0.3) is 0 Å². The Hall–Kier alpha value is -1.17. The average Bonchev–Trinajstić information content (AvgIpc) is 2.45. The average molecular weight is 257 g/mol. The molecule has 1 aliphatic heterocycles. The number of ether oxygens (including phenoxy) is 1. The summed E-state index contributed by atoms with van der Waals surface area (Å²) in [5.41, 5.74) is 8.33. The van der Waals surface area contributed by atoms with Crippen molar-refractivity contribution in [1.29, 1.82) is 0 Å². The summed E-state index contributed by atoms with van der Waals surface area (Å²) in [6.45, 7) is 5.73. The number of esters is 1. The maximum atomic E-state index is 11.6. The highest BCUT2D eigenvalue weighted by Gasteiger charge is 2.39. The number of cyclic esters (lactones) is 1. The second-order valence-corrected chi connectivity index (χ2v) is 5.38. The Morgan fingerprint density at radius 1 is 1.71 bits per heavy atom. The quantitative estimate of drug-likeness (QED) is 0.344. The maximum absolute atomic E-state index is 11.6. The number of hydrogen-bond acceptors (Lipinski definition) is 4. The summed E-state index contributed by atoms with van der Waals surface area (Å²) < 4.78 is 5.26. The number of thiocarbonyl (C=S) groups is 1. The SMILES string of the molecule is C/C(CC[C@@H]1CC(C)(C)OC1=O)=N\NC(N)=S. The zero-order valence-electron chi connectivity index (χ0n) is 10.4. The molecule has 0 bridgehead atoms. The van der Waals surface area contributed by atoms with Crippen LogP contribution < -0.4 is 11.2 Å². The van der Waals surface area contributed by atoms with Gasteiger partial charge in [0, 0.05) is 5.71 Å². The van der Waals surface area contributed by atoms with E-state index in [0.29, 0.717) is 0 Å². The number of nitrogens with two attached hydrogens (primary N) is 1. The normalized spacial score (nSPS) is 23.4. The van der Waals surface area contributed by atoms with E-state index in [0.717, 1.165) is 25.0 Å². The van der Waals surface area contributed by atoms with Gasteiger partial charge in [0.05, 0.1) is 5.92 Å². The highest BCUT2D eigenvalue weighted by molar-refractivity contribution is 7.80. The second kappa shape index (κ2) is 5.44. The van der Waals surface area contributed by atoms with Crippen LogP contribution in [0.5, 0.6) is 0 Å². The molecule has 6 heteroatoms. The third-order valence-corrected chi connectivity index (χ3v) is 2.75. The predicted molar refractivity (Wildman–Crippen MR) is 70.5 cm³/mol. The number of hydrogen-bond donors (Lipinski definition) is 2. The van der Waals surface area contributed by atoms with Gasteiger partial charge in [-0.05, 0) is 52.3 Å². The Morgan fingerprint density at radius 3 is 2.82 bits per heavy atom. The van der Waals surface area contributed by atoms with Gasteiger partial charge < -0.3 is 10.5 Å². The smallest absolute Gasteiger partial charge is 0.309 e. The lowest BCUT2D eigenvalue weighted by Gasteiger charge is -2.14. The van der Waals surface area contributed by atoms with Crippen LogP contribution in [0.3, 0.4) is 0 Å². The zero-order chi connectivity index (χ0) is 13.1. The van der Waals surface area contributed by atoms with Gasteiger partial charge in [0.2, 0.25) is 0 Å². The van der Waals surface area contributed by atoms with Crippen LogP contribution in [0.4, 0.5) is 0 Å². The lowest BCUT2D eigenvalue weighted by molar-refractivity contribution is -0.148. The number of nitrogens with zero attached hydrogens (tertiary/aromatic N) is 1. The highest BCUT2D eigenvalue weighted by atomic mass is 32.1. The fraction of sp³-hybridized carbons (Fsp3) is 0.727. The molecule has 1 heterocycles. The molecule has 0 unspecified atom stereocenters. The van der Waals surface area contributed by atoms with Crippen molar-refractivity contribution in [2.75, 3.05) is 0 Å². The van der Waals surface area contributed by atoms with Crippen molar-refractivity contribution in [3.05, 3.63) is 0 Å². The van der Waals surface area contributed by atoms with E-state index in [1.807, 2.05) is 20.8 Å². The van der Waals surface area contributed by atoms with E-state index < -0.39 is 0 Å². The number of rotatable bonds is 4. The summed E-state index contributed by atoms with van der Waals surface area (Å²) in [6, 6.07) is 0. The molecule has 1 aliphatic rings. The molecule has 0 radical (unpaired) electrons. The van der Waals surface area contributed by atoms with E-state index in [9.17, 15) is 4.79 Å². The molecule has 0 aromatic heterocycles. The molecule has 0 saturated carbocycles. The summed E-state index contributed by atoms with van der Waals surface area (Å²) in [4.78, 5) is 11.6. The first kappa shape index (κ1) is 13.9. The molecule has 0 aromatic carbocycles. The summed E-state index contributed by atoms with van der Waals surface area (Å²) in [5, 5.41) is 4.14. The van der Waals surface area contributed by atoms with Crippen LogP contribution >= 0.6 is 12.2 Å². The molecule has 0 amide bonds. The molecule has 0 aromatic rings. The summed E-state index contributed by atoms with van der Waals surface area (Å²) in [7, 11) is 0. The van der Waals surface area contributed by atoms with Crippen LogP contribution in [-0.2, 0) is 9.53 Å². The van der Waals surface area contributed by atoms with Crippen molar-refractivity contribution in [3.8, 4) is 0 Å². The van der Waals surface area contributed by atoms with Gasteiger partial charge in [-0.25, -0.2) is 0 Å². The molecule has 1 saturated heterocycles. The van der Waals surface area contributed by atoms with Gasteiger partial charge in [-0.15, -0.1) is 0 Å². The van der Waals surface area contributed by atoms with Crippen molar-refractivity contribution in [1.82, 2.24) is 5.43 Å². The zero-order valence-corrected chi connectivity index (χ0v) is 11.3. The maximum Gasteiger partial charge on any atom is 0.309 e. The highest BCUT2D eigenvalue weighted by Crippen LogP contribution is 2.32. The van der Waals surface area contributed by atoms with E-state index in [1.54, 1.807) is 0 Å². The molecule has 5 nitrogen and oxygen atoms in total. The van der Waals surface area contributed by atoms with Crippen LogP contribution in [0.25, 0.3) is 0 Å². The Bertz CT molecular complexity index is 353. The van der Waals surface area contributed by atoms with E-state index in [1.165, 1.54) is 0 Å². The lowest BCUT2D eigenvalue weighted by atomic mass is 9.93. The molecule has 96 valence electrons. The first-order valence-corrected chi connectivity index (χ1v) is 6.02. The van der Waals surface area contributed by atoms with Crippen LogP contribution in [-0.4, -0.2) is 22.4 Å². The van der Waals surface area contributed by atoms with E-state index >= 15 is 0 Å². The van der Waals surface area contributed by atoms with Crippen LogP contribution in [0.15, 0.2) is 5.10 Å². The van der Waals surface area contributed by atoms with E-state index in [-0.39, 0.29) is 22.6 Å². The first-order chi connectivity index (χ1) is 7.80. The topological polar surface area (TPSA) is 76.7 Å². The van der Waals surface area contributed by atoms with Gasteiger partial charge in [0.1, 0.15) is 5.60 Å². The summed E-state index contributed by atoms with van der Waals surface area (Å²) >= 11 is 4.64. The molecule has 3 N–H and O–H groups in total. The minimum absolute atomic E-state index is 0.0278. The van der Waals surface area contributed by atoms with Gasteiger partial charge in [-0.1, -0.05) is 0 Å². The minimum Gasteiger partial charge on any atom is -0.459 e. The van der Waals surface area contributed by atoms with Crippen LogP contribution in [0.2, 0.25) is 0 Å². The second-order valence-electron chi connectivity index (χ2n) is 4.94. The predicted octanol–water partition coefficient (Wildman–Crippen LogP) is 1.32. The molecule has 1 fully saturated rings. The Morgan fingerprint density at radius 2 is 2.35 bits per heavy atom. The third kappa shape index (κ3) is 4.68. The van der Waals surface area contributed by atoms with E-state index in [2.05, 4.69) is 22.7 Å². The molecule has 0 spiro atoms. The number of nitrogens with one attached hydrogen (secondary N) is 1. The van der Waals surface area contributed by atoms with Crippen molar-refractivity contribution < 1.29 is 9.53 Å². The summed E-state index contributed by atoms with van der Waals surface area (Å²) in [5.74, 6) is -0.134. The van der Waals surface area contributed by atoms with Gasteiger partial charge >= 0.3 is 5.97 Å². The molecule has 0 aliphatic carbocycles. The third-order valence-electron chi connectivity index (χ3n) is 2.66. The minimum atomic E-state index is -0.329. The van der Waals surface area contributed by atoms with Gasteiger partial charge in [-0.2, -0.15) is 5.10 Å². The van der Waals surface area contributed by atoms with Crippen molar-refractivity contribution >= 4 is 29.0 Å². The molecule has 17 heavy (non-hydrogen) atoms. The summed E-state index contributed by atoms with van der Waals surface area (Å²) in [6.07, 6.45) is 2.24. The Balaban J connectivity index is 2.39. The fourth-order valence-corrected chi connectivity index (χ4v) is 1.93. The van der Waals surface area contributed by atoms with Crippen molar-refractivity contribution in [2.45, 2.75) is 45.6 Å². The number of carbonyl (C=O) groups is 1. The van der Waals surface area contributed by atoms with Crippen molar-refractivity contribution in [2.24, 2.45) is 16.8 Å². The van der Waals surface area contributed by atoms with Crippen molar-refractivity contribution in [3.63, 3.8) is 0 Å². The van der Waals surface area contributed by atoms with E-state index in [4.69, 9.17) is 10.5 Å². The van der Waals surface area contributed by atoms with Crippen LogP contribution in [0.1, 0.15) is 40.0 Å². The largest absolute Gasteiger partial charge is 0.459 e. The Labute approximate surface area is 107 Å². The molecule has 1 atom stereocenters. The monoisotopic (exact) mass is 257 g/mol. The lowest BCUT2D eigenvalue weighted by Crippen LogP contribution is -2.25. The standard InChI is InChI=1S/C11H19N3O2S/c1-7(13-14-10(12)17)4-5-8-6-11(2,3)16-9(8)15/h8H,4-6H2,1-3H3,(H3,12,14,17)/b13-7+/t8-/m1/s1. The number of hydrazone groups is 1. The molecule has 1 rings (SSSR count).